The number of hydrogen-bond acceptors (Lipinski definition) is 6. The van der Waals surface area contributed by atoms with Crippen LogP contribution in [0.2, 0.25) is 0 Å². The van der Waals surface area contributed by atoms with Crippen LogP contribution in [0, 0.1) is 0 Å². The largest absolute Gasteiger partial charge is 0.444 e. The van der Waals surface area contributed by atoms with Gasteiger partial charge in [0, 0.05) is 18.7 Å². The van der Waals surface area contributed by atoms with Crippen LogP contribution in [0.25, 0.3) is 0 Å². The number of benzene rings is 1. The molecule has 1 aromatic carbocycles. The van der Waals surface area contributed by atoms with Gasteiger partial charge in [-0.15, -0.1) is 0 Å². The number of rotatable bonds is 11. The molecule has 182 valence electrons. The van der Waals surface area contributed by atoms with Crippen LogP contribution in [0.15, 0.2) is 30.3 Å². The number of alkyl halides is 1. The van der Waals surface area contributed by atoms with Crippen LogP contribution in [0.5, 0.6) is 0 Å². The molecule has 0 spiro atoms. The minimum Gasteiger partial charge on any atom is -0.444 e. The molecule has 32 heavy (non-hydrogen) atoms. The molecule has 0 atom stereocenters. The Labute approximate surface area is 199 Å². The first kappa shape index (κ1) is 28.2. The second kappa shape index (κ2) is 13.0. The van der Waals surface area contributed by atoms with Crippen LogP contribution in [-0.4, -0.2) is 49.7 Å². The first-order valence-electron chi connectivity index (χ1n) is 10.8. The molecule has 0 fully saturated rings. The van der Waals surface area contributed by atoms with E-state index in [1.807, 2.05) is 71.9 Å². The van der Waals surface area contributed by atoms with Gasteiger partial charge in [0.05, 0.1) is 13.2 Å². The molecule has 0 aliphatic heterocycles. The second-order valence-corrected chi connectivity index (χ2v) is 10.2. The predicted octanol–water partition coefficient (Wildman–Crippen LogP) is 5.05. The van der Waals surface area contributed by atoms with Crippen LogP contribution in [0.1, 0.15) is 59.9 Å². The zero-order valence-electron chi connectivity index (χ0n) is 20.0. The standard InChI is InChI=1S/C23H37BrN2O6/c1-21(2,3)31-19(27)25-14-10-16-29-23(24,18-12-8-7-9-13-18)30-17-11-15-26-20(28)32-22(4,5)6/h7-9,12-13H,10-11,14-17H2,1-6H3,(H,25,27)(H,26,28). The molecule has 1 aromatic rings. The lowest BCUT2D eigenvalue weighted by Crippen LogP contribution is -2.34. The van der Waals surface area contributed by atoms with Crippen LogP contribution < -0.4 is 10.6 Å². The van der Waals surface area contributed by atoms with Gasteiger partial charge in [-0.25, -0.2) is 9.59 Å². The Balaban J connectivity index is 2.45. The number of nitrogens with one attached hydrogen (secondary N) is 2. The molecule has 0 aliphatic carbocycles. The quantitative estimate of drug-likeness (QED) is 0.242. The number of alkyl carbamates (subject to hydrolysis) is 2. The number of hydrogen-bond donors (Lipinski definition) is 2. The monoisotopic (exact) mass is 516 g/mol. The topological polar surface area (TPSA) is 95.1 Å². The van der Waals surface area contributed by atoms with Crippen molar-refractivity contribution in [3.8, 4) is 0 Å². The summed E-state index contributed by atoms with van der Waals surface area (Å²) in [4.78, 5) is 23.4. The van der Waals surface area contributed by atoms with E-state index in [-0.39, 0.29) is 0 Å². The summed E-state index contributed by atoms with van der Waals surface area (Å²) in [6, 6.07) is 9.49. The Bertz CT molecular complexity index is 663. The Morgan fingerprint density at radius 1 is 0.781 bits per heavy atom. The summed E-state index contributed by atoms with van der Waals surface area (Å²) >= 11 is 3.57. The van der Waals surface area contributed by atoms with Crippen molar-refractivity contribution in [2.24, 2.45) is 0 Å². The van der Waals surface area contributed by atoms with E-state index < -0.39 is 28.1 Å². The van der Waals surface area contributed by atoms with Crippen LogP contribution in [-0.2, 0) is 23.6 Å². The normalized spacial score (nSPS) is 12.2. The Kier molecular flexibility index (Phi) is 11.5. The van der Waals surface area contributed by atoms with Gasteiger partial charge in [-0.2, -0.15) is 0 Å². The zero-order chi connectivity index (χ0) is 24.3. The molecule has 0 aromatic heterocycles. The van der Waals surface area contributed by atoms with Crippen molar-refractivity contribution in [1.82, 2.24) is 10.6 Å². The fourth-order valence-electron chi connectivity index (χ4n) is 2.41. The molecular formula is C23H37BrN2O6. The van der Waals surface area contributed by atoms with Crippen LogP contribution in [0.3, 0.4) is 0 Å². The molecule has 0 unspecified atom stereocenters. The van der Waals surface area contributed by atoms with E-state index in [2.05, 4.69) is 26.6 Å². The molecule has 0 saturated carbocycles. The van der Waals surface area contributed by atoms with E-state index in [9.17, 15) is 9.59 Å². The Hall–Kier alpha value is -1.84. The number of halogens is 1. The maximum Gasteiger partial charge on any atom is 0.407 e. The van der Waals surface area contributed by atoms with Gasteiger partial charge in [0.25, 0.3) is 4.70 Å². The Morgan fingerprint density at radius 3 is 1.56 bits per heavy atom. The number of carbonyl (C=O) groups is 2. The summed E-state index contributed by atoms with van der Waals surface area (Å²) in [5.41, 5.74) is -0.268. The average molecular weight is 517 g/mol. The summed E-state index contributed by atoms with van der Waals surface area (Å²) in [7, 11) is 0. The molecule has 2 amide bonds. The highest BCUT2D eigenvalue weighted by molar-refractivity contribution is 9.09. The molecule has 2 N–H and O–H groups in total. The molecule has 0 saturated heterocycles. The number of carbonyl (C=O) groups excluding carboxylic acids is 2. The number of amides is 2. The second-order valence-electron chi connectivity index (χ2n) is 9.16. The van der Waals surface area contributed by atoms with Gasteiger partial charge < -0.3 is 29.6 Å². The zero-order valence-corrected chi connectivity index (χ0v) is 21.5. The highest BCUT2D eigenvalue weighted by Gasteiger charge is 2.31. The third kappa shape index (κ3) is 12.9. The van der Waals surface area contributed by atoms with Crippen molar-refractivity contribution in [3.05, 3.63) is 35.9 Å². The Morgan fingerprint density at radius 2 is 1.19 bits per heavy atom. The first-order valence-corrected chi connectivity index (χ1v) is 11.6. The maximum atomic E-state index is 11.7. The molecule has 0 aliphatic rings. The van der Waals surface area contributed by atoms with Gasteiger partial charge in [-0.05, 0) is 70.3 Å². The molecule has 1 rings (SSSR count). The fourth-order valence-corrected chi connectivity index (χ4v) is 2.99. The van der Waals surface area contributed by atoms with E-state index in [1.165, 1.54) is 0 Å². The SMILES string of the molecule is CC(C)(C)OC(=O)NCCCOC(Br)(OCCCNC(=O)OC(C)(C)C)c1ccccc1. The van der Waals surface area contributed by atoms with Gasteiger partial charge in [-0.3, -0.25) is 0 Å². The summed E-state index contributed by atoms with van der Waals surface area (Å²) in [6.07, 6.45) is 0.227. The van der Waals surface area contributed by atoms with Gasteiger partial charge in [0.1, 0.15) is 11.2 Å². The average Bonchev–Trinajstić information content (AvgIpc) is 2.65. The van der Waals surface area contributed by atoms with E-state index >= 15 is 0 Å². The van der Waals surface area contributed by atoms with E-state index in [1.54, 1.807) is 0 Å². The van der Waals surface area contributed by atoms with Gasteiger partial charge in [-0.1, -0.05) is 30.3 Å². The fraction of sp³-hybridized carbons (Fsp3) is 0.652. The molecule has 0 radical (unpaired) electrons. The van der Waals surface area contributed by atoms with Crippen molar-refractivity contribution in [1.29, 1.82) is 0 Å². The molecule has 0 heterocycles. The van der Waals surface area contributed by atoms with E-state index in [0.29, 0.717) is 39.1 Å². The van der Waals surface area contributed by atoms with Crippen LogP contribution in [0.4, 0.5) is 9.59 Å². The van der Waals surface area contributed by atoms with Crippen molar-refractivity contribution < 1.29 is 28.5 Å². The van der Waals surface area contributed by atoms with Crippen molar-refractivity contribution >= 4 is 28.1 Å². The van der Waals surface area contributed by atoms with Crippen LogP contribution >= 0.6 is 15.9 Å². The molecule has 0 bridgehead atoms. The number of ether oxygens (including phenoxy) is 4. The lowest BCUT2D eigenvalue weighted by Gasteiger charge is -2.28. The van der Waals surface area contributed by atoms with E-state index in [0.717, 1.165) is 5.56 Å². The van der Waals surface area contributed by atoms with Gasteiger partial charge >= 0.3 is 12.2 Å². The summed E-state index contributed by atoms with van der Waals surface area (Å²) in [5.74, 6) is 0. The van der Waals surface area contributed by atoms with Crippen molar-refractivity contribution in [3.63, 3.8) is 0 Å². The lowest BCUT2D eigenvalue weighted by atomic mass is 10.2. The van der Waals surface area contributed by atoms with Crippen molar-refractivity contribution in [2.75, 3.05) is 26.3 Å². The lowest BCUT2D eigenvalue weighted by molar-refractivity contribution is -0.173. The summed E-state index contributed by atoms with van der Waals surface area (Å²) in [5, 5.41) is 5.40. The minimum absolute atomic E-state index is 0.339. The third-order valence-electron chi connectivity index (χ3n) is 3.67. The highest BCUT2D eigenvalue weighted by atomic mass is 79.9. The smallest absolute Gasteiger partial charge is 0.407 e. The highest BCUT2D eigenvalue weighted by Crippen LogP contribution is 2.34. The first-order chi connectivity index (χ1) is 14.8. The third-order valence-corrected chi connectivity index (χ3v) is 4.59. The summed E-state index contributed by atoms with van der Waals surface area (Å²) in [6.45, 7) is 12.4. The minimum atomic E-state index is -1.13. The predicted molar refractivity (Wildman–Crippen MR) is 127 cm³/mol. The molecule has 9 heteroatoms. The molecular weight excluding hydrogens is 480 g/mol. The summed E-state index contributed by atoms with van der Waals surface area (Å²) < 4.78 is 21.3. The van der Waals surface area contributed by atoms with Gasteiger partial charge in [0.15, 0.2) is 0 Å². The maximum absolute atomic E-state index is 11.7. The van der Waals surface area contributed by atoms with Crippen molar-refractivity contribution in [2.45, 2.75) is 70.3 Å². The molecule has 8 nitrogen and oxygen atoms in total. The van der Waals surface area contributed by atoms with E-state index in [4.69, 9.17) is 18.9 Å². The van der Waals surface area contributed by atoms with Gasteiger partial charge in [0.2, 0.25) is 0 Å².